The molecule has 1 rings (SSSR count). The third-order valence-electron chi connectivity index (χ3n) is 1.55. The van der Waals surface area contributed by atoms with Crippen LogP contribution in [-0.2, 0) is 12.6 Å². The zero-order valence-corrected chi connectivity index (χ0v) is 8.27. The Kier molecular flexibility index (Phi) is 2.61. The molecule has 0 radical (unpaired) electrons. The number of nitrogens with zero attached hydrogens (tertiary/aromatic N) is 1. The number of hydrogen-bond donors (Lipinski definition) is 0. The lowest BCUT2D eigenvalue weighted by molar-refractivity contribution is -0.142. The summed E-state index contributed by atoms with van der Waals surface area (Å²) in [5.41, 5.74) is -1.07. The van der Waals surface area contributed by atoms with Gasteiger partial charge in [-0.15, -0.1) is 0 Å². The predicted octanol–water partition coefficient (Wildman–Crippen LogP) is 3.28. The molecule has 0 saturated carbocycles. The number of hydrogen-bond acceptors (Lipinski definition) is 2. The van der Waals surface area contributed by atoms with Crippen molar-refractivity contribution in [2.75, 3.05) is 0 Å². The number of aromatic nitrogens is 1. The zero-order valence-electron chi connectivity index (χ0n) is 8.27. The van der Waals surface area contributed by atoms with Gasteiger partial charge in [-0.25, -0.2) is 0 Å². The van der Waals surface area contributed by atoms with Gasteiger partial charge in [0.1, 0.15) is 5.76 Å². The molecule has 80 valence electrons. The molecule has 2 nitrogen and oxygen atoms in total. The monoisotopic (exact) mass is 207 g/mol. The van der Waals surface area contributed by atoms with Crippen LogP contribution in [0.25, 0.3) is 0 Å². The van der Waals surface area contributed by atoms with E-state index in [2.05, 4.69) is 9.68 Å². The Morgan fingerprint density at radius 1 is 1.29 bits per heavy atom. The fourth-order valence-electron chi connectivity index (χ4n) is 1.05. The molecule has 14 heavy (non-hydrogen) atoms. The first-order valence-electron chi connectivity index (χ1n) is 4.21. The molecule has 1 aromatic heterocycles. The molecule has 0 fully saturated rings. The second kappa shape index (κ2) is 3.29. The molecule has 0 amide bonds. The molecule has 0 spiro atoms. The van der Waals surface area contributed by atoms with E-state index >= 15 is 0 Å². The van der Waals surface area contributed by atoms with Crippen molar-refractivity contribution in [3.05, 3.63) is 17.5 Å². The molecule has 0 N–H and O–H groups in total. The van der Waals surface area contributed by atoms with Crippen molar-refractivity contribution in [1.82, 2.24) is 5.16 Å². The van der Waals surface area contributed by atoms with Crippen LogP contribution in [0, 0.1) is 5.41 Å². The summed E-state index contributed by atoms with van der Waals surface area (Å²) in [6.07, 6.45) is -3.98. The van der Waals surface area contributed by atoms with E-state index in [0.717, 1.165) is 6.07 Å². The normalized spacial score (nSPS) is 13.3. The number of halogens is 3. The van der Waals surface area contributed by atoms with E-state index in [4.69, 9.17) is 0 Å². The molecule has 0 bridgehead atoms. The maximum Gasteiger partial charge on any atom is 0.436 e. The van der Waals surface area contributed by atoms with Crippen LogP contribution in [0.1, 0.15) is 32.2 Å². The summed E-state index contributed by atoms with van der Waals surface area (Å²) < 4.78 is 40.9. The summed E-state index contributed by atoms with van der Waals surface area (Å²) >= 11 is 0. The van der Waals surface area contributed by atoms with Gasteiger partial charge in [-0.3, -0.25) is 0 Å². The molecular formula is C9H12F3NO. The zero-order chi connectivity index (χ0) is 11.0. The quantitative estimate of drug-likeness (QED) is 0.706. The van der Waals surface area contributed by atoms with Crippen molar-refractivity contribution in [2.45, 2.75) is 33.4 Å². The number of rotatable bonds is 1. The summed E-state index contributed by atoms with van der Waals surface area (Å²) in [5, 5.41) is 2.97. The summed E-state index contributed by atoms with van der Waals surface area (Å²) in [6.45, 7) is 5.76. The van der Waals surface area contributed by atoms with E-state index < -0.39 is 11.9 Å². The topological polar surface area (TPSA) is 26.0 Å². The Bertz CT molecular complexity index is 309. The van der Waals surface area contributed by atoms with E-state index in [0.29, 0.717) is 6.42 Å². The van der Waals surface area contributed by atoms with Crippen LogP contribution in [0.3, 0.4) is 0 Å². The molecule has 0 aliphatic heterocycles. The Labute approximate surface area is 80.1 Å². The predicted molar refractivity (Wildman–Crippen MR) is 44.7 cm³/mol. The van der Waals surface area contributed by atoms with E-state index in [-0.39, 0.29) is 11.2 Å². The first kappa shape index (κ1) is 11.1. The SMILES string of the molecule is CC(C)(C)Cc1cc(C(F)(F)F)no1. The van der Waals surface area contributed by atoms with Gasteiger partial charge in [0.25, 0.3) is 0 Å². The smallest absolute Gasteiger partial charge is 0.361 e. The van der Waals surface area contributed by atoms with Crippen molar-refractivity contribution < 1.29 is 17.7 Å². The first-order chi connectivity index (χ1) is 6.18. The highest BCUT2D eigenvalue weighted by Crippen LogP contribution is 2.30. The highest BCUT2D eigenvalue weighted by molar-refractivity contribution is 5.09. The van der Waals surface area contributed by atoms with Gasteiger partial charge in [0.15, 0.2) is 5.69 Å². The van der Waals surface area contributed by atoms with Crippen molar-refractivity contribution in [3.8, 4) is 0 Å². The Morgan fingerprint density at radius 3 is 2.21 bits per heavy atom. The van der Waals surface area contributed by atoms with Gasteiger partial charge < -0.3 is 4.52 Å². The average Bonchev–Trinajstić information content (AvgIpc) is 2.29. The van der Waals surface area contributed by atoms with Gasteiger partial charge in [-0.1, -0.05) is 25.9 Å². The third kappa shape index (κ3) is 3.05. The fraction of sp³-hybridized carbons (Fsp3) is 0.667. The van der Waals surface area contributed by atoms with Crippen molar-refractivity contribution in [2.24, 2.45) is 5.41 Å². The third-order valence-corrected chi connectivity index (χ3v) is 1.55. The van der Waals surface area contributed by atoms with E-state index in [1.54, 1.807) is 0 Å². The summed E-state index contributed by atoms with van der Waals surface area (Å²) in [4.78, 5) is 0. The molecule has 1 heterocycles. The lowest BCUT2D eigenvalue weighted by atomic mass is 9.91. The average molecular weight is 207 g/mol. The highest BCUT2D eigenvalue weighted by atomic mass is 19.4. The minimum atomic E-state index is -4.42. The van der Waals surface area contributed by atoms with Crippen LogP contribution < -0.4 is 0 Å². The summed E-state index contributed by atoms with van der Waals surface area (Å²) in [7, 11) is 0. The van der Waals surface area contributed by atoms with Crippen molar-refractivity contribution >= 4 is 0 Å². The van der Waals surface area contributed by atoms with Crippen LogP contribution in [0.4, 0.5) is 13.2 Å². The lowest BCUT2D eigenvalue weighted by Crippen LogP contribution is -2.08. The molecule has 0 aliphatic rings. The van der Waals surface area contributed by atoms with E-state index in [1.807, 2.05) is 20.8 Å². The summed E-state index contributed by atoms with van der Waals surface area (Å²) in [5.74, 6) is 0.268. The van der Waals surface area contributed by atoms with Crippen LogP contribution in [0.2, 0.25) is 0 Å². The molecule has 1 aromatic rings. The van der Waals surface area contributed by atoms with Gasteiger partial charge in [0.2, 0.25) is 0 Å². The molecule has 5 heteroatoms. The lowest BCUT2D eigenvalue weighted by Gasteiger charge is -2.14. The van der Waals surface area contributed by atoms with E-state index in [1.165, 1.54) is 0 Å². The Morgan fingerprint density at radius 2 is 1.86 bits per heavy atom. The van der Waals surface area contributed by atoms with Crippen LogP contribution in [0.15, 0.2) is 10.6 Å². The Hall–Kier alpha value is -1.00. The maximum atomic E-state index is 12.1. The standard InChI is InChI=1S/C9H12F3NO/c1-8(2,3)5-6-4-7(13-14-6)9(10,11)12/h4H,5H2,1-3H3. The molecule has 0 atom stereocenters. The Balaban J connectivity index is 2.79. The molecule has 0 unspecified atom stereocenters. The van der Waals surface area contributed by atoms with Gasteiger partial charge in [-0.2, -0.15) is 13.2 Å². The van der Waals surface area contributed by atoms with Crippen LogP contribution >= 0.6 is 0 Å². The molecule has 0 aliphatic carbocycles. The second-order valence-electron chi connectivity index (χ2n) is 4.41. The second-order valence-corrected chi connectivity index (χ2v) is 4.41. The van der Waals surface area contributed by atoms with Crippen molar-refractivity contribution in [3.63, 3.8) is 0 Å². The van der Waals surface area contributed by atoms with Gasteiger partial charge >= 0.3 is 6.18 Å². The van der Waals surface area contributed by atoms with Gasteiger partial charge in [-0.05, 0) is 5.41 Å². The van der Waals surface area contributed by atoms with Crippen molar-refractivity contribution in [1.29, 1.82) is 0 Å². The minimum absolute atomic E-state index is 0.109. The molecule has 0 saturated heterocycles. The van der Waals surface area contributed by atoms with Crippen LogP contribution in [0.5, 0.6) is 0 Å². The van der Waals surface area contributed by atoms with Gasteiger partial charge in [0.05, 0.1) is 0 Å². The highest BCUT2D eigenvalue weighted by Gasteiger charge is 2.35. The summed E-state index contributed by atoms with van der Waals surface area (Å²) in [6, 6.07) is 0.950. The van der Waals surface area contributed by atoms with E-state index in [9.17, 15) is 13.2 Å². The molecule has 0 aromatic carbocycles. The number of alkyl halides is 3. The van der Waals surface area contributed by atoms with Crippen LogP contribution in [-0.4, -0.2) is 5.16 Å². The fourth-order valence-corrected chi connectivity index (χ4v) is 1.05. The minimum Gasteiger partial charge on any atom is -0.361 e. The van der Waals surface area contributed by atoms with Gasteiger partial charge in [0, 0.05) is 12.5 Å². The maximum absolute atomic E-state index is 12.1. The largest absolute Gasteiger partial charge is 0.436 e. The molecular weight excluding hydrogens is 195 g/mol. The first-order valence-corrected chi connectivity index (χ1v) is 4.21.